The molecule has 0 aliphatic carbocycles. The number of hydrogen-bond acceptors (Lipinski definition) is 3. The van der Waals surface area contributed by atoms with Crippen molar-refractivity contribution in [3.8, 4) is 0 Å². The van der Waals surface area contributed by atoms with Crippen molar-refractivity contribution in [1.82, 2.24) is 14.7 Å². The summed E-state index contributed by atoms with van der Waals surface area (Å²) in [6.07, 6.45) is 3.52. The van der Waals surface area contributed by atoms with Crippen molar-refractivity contribution in [2.75, 3.05) is 88.1 Å². The van der Waals surface area contributed by atoms with Crippen LogP contribution >= 0.6 is 0 Å². The summed E-state index contributed by atoms with van der Waals surface area (Å²) < 4.78 is 1.51. The first-order chi connectivity index (χ1) is 15.9. The topological polar surface area (TPSA) is 60.9 Å². The van der Waals surface area contributed by atoms with E-state index in [0.29, 0.717) is 13.1 Å². The first-order valence-electron chi connectivity index (χ1n) is 12.3. The van der Waals surface area contributed by atoms with Crippen LogP contribution in [0, 0.1) is 0 Å². The van der Waals surface area contributed by atoms with Gasteiger partial charge in [-0.05, 0) is 19.3 Å². The third-order valence-electron chi connectivity index (χ3n) is 6.93. The van der Waals surface area contributed by atoms with Crippen LogP contribution in [0.4, 0.5) is 0 Å². The SMILES string of the molecule is CN(CC[N+](C)(C)Cc1ccccc1)C(=O)CN(C)C(=O)CN(C)C(=O)C[N+]1(C)CCCCC1.[I-].[I-]. The Balaban J connectivity index is 0.00000612. The van der Waals surface area contributed by atoms with Crippen molar-refractivity contribution in [2.24, 2.45) is 0 Å². The number of carbonyl (C=O) groups excluding carboxylic acids is 3. The van der Waals surface area contributed by atoms with E-state index in [1.165, 1.54) is 21.8 Å². The number of likely N-dealkylation sites (tertiary alicyclic amines) is 1. The van der Waals surface area contributed by atoms with E-state index in [-0.39, 0.29) is 78.8 Å². The first-order valence-corrected chi connectivity index (χ1v) is 12.3. The fraction of sp³-hybridized carbons (Fsp3) is 0.654. The van der Waals surface area contributed by atoms with Gasteiger partial charge in [0.2, 0.25) is 11.8 Å². The van der Waals surface area contributed by atoms with Crippen LogP contribution in [0.2, 0.25) is 0 Å². The van der Waals surface area contributed by atoms with Crippen LogP contribution in [0.1, 0.15) is 24.8 Å². The number of hydrogen-bond donors (Lipinski definition) is 0. The summed E-state index contributed by atoms with van der Waals surface area (Å²) in [5.74, 6) is -0.344. The maximum absolute atomic E-state index is 12.7. The number of quaternary nitrogens is 2. The zero-order valence-electron chi connectivity index (χ0n) is 22.9. The monoisotopic (exact) mass is 729 g/mol. The summed E-state index contributed by atoms with van der Waals surface area (Å²) in [7, 11) is 11.5. The highest BCUT2D eigenvalue weighted by atomic mass is 127. The lowest BCUT2D eigenvalue weighted by molar-refractivity contribution is -0.906. The molecule has 8 nitrogen and oxygen atoms in total. The van der Waals surface area contributed by atoms with Crippen LogP contribution < -0.4 is 48.0 Å². The maximum Gasteiger partial charge on any atom is 0.278 e. The van der Waals surface area contributed by atoms with E-state index >= 15 is 0 Å². The molecule has 1 heterocycles. The molecule has 1 aromatic carbocycles. The molecule has 10 heteroatoms. The molecule has 0 bridgehead atoms. The van der Waals surface area contributed by atoms with Gasteiger partial charge in [-0.3, -0.25) is 14.4 Å². The minimum Gasteiger partial charge on any atom is -1.00 e. The highest BCUT2D eigenvalue weighted by molar-refractivity contribution is 5.88. The van der Waals surface area contributed by atoms with Crippen molar-refractivity contribution < 1.29 is 71.3 Å². The van der Waals surface area contributed by atoms with Gasteiger partial charge >= 0.3 is 0 Å². The molecule has 0 unspecified atom stereocenters. The standard InChI is InChI=1S/C26H45N5O3.2HI/c1-27(15-18-30(4,5)21-23-13-9-7-10-14-23)24(32)19-28(2)25(33)20-29(3)26(34)22-31(6)16-11-8-12-17-31;;/h7,9-10,13-14H,8,11-12,15-22H2,1-6H3;2*1H/q+2;;/p-2. The van der Waals surface area contributed by atoms with Gasteiger partial charge in [0.25, 0.3) is 5.91 Å². The fourth-order valence-electron chi connectivity index (χ4n) is 4.41. The van der Waals surface area contributed by atoms with E-state index in [1.54, 1.807) is 26.0 Å². The molecule has 36 heavy (non-hydrogen) atoms. The average Bonchev–Trinajstić information content (AvgIpc) is 2.77. The molecule has 0 N–H and O–H groups in total. The predicted molar refractivity (Wildman–Crippen MR) is 135 cm³/mol. The minimum atomic E-state index is -0.223. The number of likely N-dealkylation sites (N-methyl/N-ethyl adjacent to an activating group) is 5. The third kappa shape index (κ3) is 12.0. The number of carbonyl (C=O) groups is 3. The molecule has 0 radical (unpaired) electrons. The second-order valence-electron chi connectivity index (χ2n) is 10.9. The van der Waals surface area contributed by atoms with Crippen LogP contribution in [-0.2, 0) is 20.9 Å². The van der Waals surface area contributed by atoms with Gasteiger partial charge in [0.15, 0.2) is 6.54 Å². The molecule has 0 saturated carbocycles. The van der Waals surface area contributed by atoms with E-state index in [9.17, 15) is 14.4 Å². The summed E-state index contributed by atoms with van der Waals surface area (Å²) in [6.45, 7) is 4.75. The highest BCUT2D eigenvalue weighted by Gasteiger charge is 2.30. The normalized spacial score (nSPS) is 14.6. The minimum absolute atomic E-state index is 0. The largest absolute Gasteiger partial charge is 1.00 e. The van der Waals surface area contributed by atoms with Crippen molar-refractivity contribution in [1.29, 1.82) is 0 Å². The van der Waals surface area contributed by atoms with E-state index < -0.39 is 0 Å². The van der Waals surface area contributed by atoms with Gasteiger partial charge in [-0.15, -0.1) is 0 Å². The Labute approximate surface area is 252 Å². The quantitative estimate of drug-likeness (QED) is 0.170. The van der Waals surface area contributed by atoms with Gasteiger partial charge in [-0.1, -0.05) is 30.3 Å². The lowest BCUT2D eigenvalue weighted by Gasteiger charge is -2.38. The van der Waals surface area contributed by atoms with E-state index in [4.69, 9.17) is 0 Å². The summed E-state index contributed by atoms with van der Waals surface area (Å²) in [5.41, 5.74) is 1.27. The average molecular weight is 729 g/mol. The number of rotatable bonds is 11. The maximum atomic E-state index is 12.7. The van der Waals surface area contributed by atoms with Gasteiger partial charge < -0.3 is 71.6 Å². The number of nitrogens with zero attached hydrogens (tertiary/aromatic N) is 5. The van der Waals surface area contributed by atoms with Crippen molar-refractivity contribution in [2.45, 2.75) is 25.8 Å². The van der Waals surface area contributed by atoms with Crippen LogP contribution in [-0.4, -0.2) is 129 Å². The molecule has 1 saturated heterocycles. The van der Waals surface area contributed by atoms with Gasteiger partial charge in [0.05, 0.1) is 60.4 Å². The Morgan fingerprint density at radius 3 is 1.86 bits per heavy atom. The second kappa shape index (κ2) is 16.1. The molecule has 1 aliphatic heterocycles. The lowest BCUT2D eigenvalue weighted by Crippen LogP contribution is -3.00. The molecule has 1 aromatic rings. The Bertz CT molecular complexity index is 832. The fourth-order valence-corrected chi connectivity index (χ4v) is 4.41. The zero-order valence-corrected chi connectivity index (χ0v) is 27.2. The summed E-state index contributed by atoms with van der Waals surface area (Å²) in [6, 6.07) is 10.3. The summed E-state index contributed by atoms with van der Waals surface area (Å²) in [4.78, 5) is 42.6. The Hall–Kier alpha value is -0.990. The number of piperidine rings is 1. The van der Waals surface area contributed by atoms with Gasteiger partial charge in [-0.2, -0.15) is 0 Å². The predicted octanol–water partition coefficient (Wildman–Crippen LogP) is -4.72. The van der Waals surface area contributed by atoms with Gasteiger partial charge in [0.1, 0.15) is 6.54 Å². The van der Waals surface area contributed by atoms with Crippen LogP contribution in [0.25, 0.3) is 0 Å². The zero-order chi connectivity index (χ0) is 25.4. The Morgan fingerprint density at radius 2 is 1.31 bits per heavy atom. The van der Waals surface area contributed by atoms with E-state index in [1.807, 2.05) is 18.2 Å². The van der Waals surface area contributed by atoms with Gasteiger partial charge in [0, 0.05) is 26.7 Å². The molecule has 2 rings (SSSR count). The molecule has 3 amide bonds. The van der Waals surface area contributed by atoms with E-state index in [2.05, 4.69) is 33.3 Å². The smallest absolute Gasteiger partial charge is 0.278 e. The highest BCUT2D eigenvalue weighted by Crippen LogP contribution is 2.16. The second-order valence-corrected chi connectivity index (χ2v) is 10.9. The Kier molecular flexibility index (Phi) is 15.6. The number of amides is 3. The number of benzene rings is 1. The molecule has 1 aliphatic rings. The van der Waals surface area contributed by atoms with Crippen LogP contribution in [0.3, 0.4) is 0 Å². The molecule has 0 spiro atoms. The van der Waals surface area contributed by atoms with Crippen molar-refractivity contribution in [3.63, 3.8) is 0 Å². The number of halogens is 2. The first kappa shape index (κ1) is 35.0. The molecule has 0 atom stereocenters. The molecule has 1 fully saturated rings. The van der Waals surface area contributed by atoms with Crippen LogP contribution in [0.15, 0.2) is 30.3 Å². The lowest BCUT2D eigenvalue weighted by atomic mass is 10.1. The molecular formula is C26H45I2N5O3. The Morgan fingerprint density at radius 1 is 0.806 bits per heavy atom. The van der Waals surface area contributed by atoms with Crippen molar-refractivity contribution in [3.05, 3.63) is 35.9 Å². The third-order valence-corrected chi connectivity index (χ3v) is 6.93. The van der Waals surface area contributed by atoms with Crippen molar-refractivity contribution >= 4 is 17.7 Å². The van der Waals surface area contributed by atoms with E-state index in [0.717, 1.165) is 48.0 Å². The van der Waals surface area contributed by atoms with Gasteiger partial charge in [-0.25, -0.2) is 0 Å². The van der Waals surface area contributed by atoms with Crippen LogP contribution in [0.5, 0.6) is 0 Å². The molecule has 206 valence electrons. The summed E-state index contributed by atoms with van der Waals surface area (Å²) in [5, 5.41) is 0. The molecule has 0 aromatic heterocycles. The molecular weight excluding hydrogens is 684 g/mol. The summed E-state index contributed by atoms with van der Waals surface area (Å²) >= 11 is 0.